The fourth-order valence-electron chi connectivity index (χ4n) is 2.63. The Bertz CT molecular complexity index is 377. The molecule has 2 rings (SSSR count). The molecule has 1 fully saturated rings. The van der Waals surface area contributed by atoms with E-state index in [4.69, 9.17) is 0 Å². The highest BCUT2D eigenvalue weighted by Crippen LogP contribution is 2.27. The molecule has 1 aromatic heterocycles. The molecule has 3 nitrogen and oxygen atoms in total. The molecule has 0 saturated heterocycles. The van der Waals surface area contributed by atoms with E-state index in [0.29, 0.717) is 12.0 Å². The Morgan fingerprint density at radius 3 is 2.76 bits per heavy atom. The molecular weight excluding hydrogens is 232 g/mol. The van der Waals surface area contributed by atoms with Crippen molar-refractivity contribution in [1.29, 1.82) is 0 Å². The third-order valence-electron chi connectivity index (χ3n) is 3.64. The molecule has 0 amide bonds. The zero-order valence-corrected chi connectivity index (χ0v) is 11.7. The average molecular weight is 254 g/mol. The van der Waals surface area contributed by atoms with Crippen molar-refractivity contribution in [1.82, 2.24) is 10.3 Å². The average Bonchev–Trinajstić information content (AvgIpc) is 2.81. The van der Waals surface area contributed by atoms with Crippen LogP contribution in [0.3, 0.4) is 0 Å². The Hall–Kier alpha value is -0.450. The Labute approximate surface area is 107 Å². The van der Waals surface area contributed by atoms with Crippen molar-refractivity contribution in [3.8, 4) is 0 Å². The van der Waals surface area contributed by atoms with Crippen molar-refractivity contribution in [3.63, 3.8) is 0 Å². The first-order chi connectivity index (χ1) is 8.08. The molecule has 0 aliphatic heterocycles. The van der Waals surface area contributed by atoms with E-state index in [1.807, 2.05) is 0 Å². The summed E-state index contributed by atoms with van der Waals surface area (Å²) in [4.78, 5) is 5.78. The number of thiazole rings is 1. The summed E-state index contributed by atoms with van der Waals surface area (Å²) in [6.45, 7) is 7.22. The Kier molecular flexibility index (Phi) is 4.17. The predicted molar refractivity (Wildman–Crippen MR) is 71.4 cm³/mol. The number of aliphatic hydroxyl groups excluding tert-OH is 1. The van der Waals surface area contributed by atoms with Gasteiger partial charge in [0.05, 0.1) is 16.8 Å². The van der Waals surface area contributed by atoms with Crippen LogP contribution in [-0.4, -0.2) is 22.7 Å². The van der Waals surface area contributed by atoms with Crippen LogP contribution in [0.25, 0.3) is 0 Å². The molecule has 1 saturated carbocycles. The quantitative estimate of drug-likeness (QED) is 0.868. The third-order valence-corrected chi connectivity index (χ3v) is 4.89. The van der Waals surface area contributed by atoms with E-state index in [2.05, 4.69) is 31.1 Å². The summed E-state index contributed by atoms with van der Waals surface area (Å²) < 4.78 is 0. The zero-order chi connectivity index (χ0) is 12.4. The lowest BCUT2D eigenvalue weighted by Gasteiger charge is -2.19. The Morgan fingerprint density at radius 2 is 2.24 bits per heavy atom. The number of hydrogen-bond acceptors (Lipinski definition) is 4. The summed E-state index contributed by atoms with van der Waals surface area (Å²) in [5, 5.41) is 14.4. The summed E-state index contributed by atoms with van der Waals surface area (Å²) in [5.41, 5.74) is 1.14. The Balaban J connectivity index is 1.88. The van der Waals surface area contributed by atoms with Crippen LogP contribution >= 0.6 is 11.3 Å². The molecule has 0 spiro atoms. The maximum atomic E-state index is 9.78. The van der Waals surface area contributed by atoms with Crippen molar-refractivity contribution < 1.29 is 5.11 Å². The molecule has 1 heterocycles. The van der Waals surface area contributed by atoms with Gasteiger partial charge in [0.1, 0.15) is 0 Å². The lowest BCUT2D eigenvalue weighted by atomic mass is 10.1. The van der Waals surface area contributed by atoms with Gasteiger partial charge in [0.2, 0.25) is 0 Å². The minimum atomic E-state index is -0.0982. The minimum Gasteiger partial charge on any atom is -0.393 e. The number of aryl methyl sites for hydroxylation is 2. The molecule has 1 aliphatic carbocycles. The molecule has 3 atom stereocenters. The van der Waals surface area contributed by atoms with Crippen LogP contribution in [-0.2, 0) is 0 Å². The lowest BCUT2D eigenvalue weighted by Crippen LogP contribution is -2.29. The first-order valence-corrected chi connectivity index (χ1v) is 7.25. The summed E-state index contributed by atoms with van der Waals surface area (Å²) in [6, 6.07) is 0.342. The lowest BCUT2D eigenvalue weighted by molar-refractivity contribution is 0.130. The van der Waals surface area contributed by atoms with E-state index in [0.717, 1.165) is 30.1 Å². The van der Waals surface area contributed by atoms with Crippen molar-refractivity contribution in [2.45, 2.75) is 52.2 Å². The number of rotatable bonds is 4. The Morgan fingerprint density at radius 1 is 1.47 bits per heavy atom. The van der Waals surface area contributed by atoms with E-state index < -0.39 is 0 Å². The van der Waals surface area contributed by atoms with Crippen molar-refractivity contribution in [2.24, 2.45) is 5.92 Å². The van der Waals surface area contributed by atoms with Gasteiger partial charge in [0, 0.05) is 17.5 Å². The normalized spacial score (nSPS) is 26.4. The van der Waals surface area contributed by atoms with Crippen LogP contribution in [0.4, 0.5) is 0 Å². The monoisotopic (exact) mass is 254 g/mol. The van der Waals surface area contributed by atoms with Crippen LogP contribution in [0.5, 0.6) is 0 Å². The standard InChI is InChI=1S/C13H22N2OS/c1-8(13-9(2)15-10(3)17-13)14-7-11-5-4-6-12(11)16/h8,11-12,14,16H,4-7H2,1-3H3. The zero-order valence-electron chi connectivity index (χ0n) is 10.9. The van der Waals surface area contributed by atoms with Gasteiger partial charge in [-0.2, -0.15) is 0 Å². The maximum Gasteiger partial charge on any atom is 0.0900 e. The number of nitrogens with one attached hydrogen (secondary N) is 1. The van der Waals surface area contributed by atoms with Gasteiger partial charge in [-0.25, -0.2) is 4.98 Å². The highest BCUT2D eigenvalue weighted by molar-refractivity contribution is 7.11. The second-order valence-corrected chi connectivity index (χ2v) is 6.31. The van der Waals surface area contributed by atoms with E-state index in [-0.39, 0.29) is 6.10 Å². The minimum absolute atomic E-state index is 0.0982. The van der Waals surface area contributed by atoms with Crippen molar-refractivity contribution in [2.75, 3.05) is 6.54 Å². The molecular formula is C13H22N2OS. The highest BCUT2D eigenvalue weighted by Gasteiger charge is 2.25. The number of hydrogen-bond donors (Lipinski definition) is 2. The van der Waals surface area contributed by atoms with Gasteiger partial charge in [-0.3, -0.25) is 0 Å². The van der Waals surface area contributed by atoms with E-state index in [1.165, 1.54) is 11.3 Å². The van der Waals surface area contributed by atoms with Gasteiger partial charge in [-0.15, -0.1) is 11.3 Å². The van der Waals surface area contributed by atoms with Crippen LogP contribution in [0.1, 0.15) is 47.8 Å². The van der Waals surface area contributed by atoms with Gasteiger partial charge in [0.15, 0.2) is 0 Å². The van der Waals surface area contributed by atoms with Crippen molar-refractivity contribution in [3.05, 3.63) is 15.6 Å². The first kappa shape index (κ1) is 13.0. The van der Waals surface area contributed by atoms with Gasteiger partial charge in [-0.1, -0.05) is 6.42 Å². The molecule has 3 unspecified atom stereocenters. The van der Waals surface area contributed by atoms with E-state index in [9.17, 15) is 5.11 Å². The second kappa shape index (κ2) is 5.46. The second-order valence-electron chi connectivity index (χ2n) is 5.07. The largest absolute Gasteiger partial charge is 0.393 e. The van der Waals surface area contributed by atoms with Crippen LogP contribution in [0.15, 0.2) is 0 Å². The summed E-state index contributed by atoms with van der Waals surface area (Å²) >= 11 is 1.77. The third kappa shape index (κ3) is 3.06. The van der Waals surface area contributed by atoms with Gasteiger partial charge >= 0.3 is 0 Å². The van der Waals surface area contributed by atoms with Crippen LogP contribution < -0.4 is 5.32 Å². The predicted octanol–water partition coefficient (Wildman–Crippen LogP) is 2.57. The number of aliphatic hydroxyl groups is 1. The molecule has 96 valence electrons. The van der Waals surface area contributed by atoms with E-state index >= 15 is 0 Å². The van der Waals surface area contributed by atoms with Crippen molar-refractivity contribution >= 4 is 11.3 Å². The number of aromatic nitrogens is 1. The highest BCUT2D eigenvalue weighted by atomic mass is 32.1. The smallest absolute Gasteiger partial charge is 0.0900 e. The molecule has 4 heteroatoms. The topological polar surface area (TPSA) is 45.2 Å². The maximum absolute atomic E-state index is 9.78. The summed E-state index contributed by atoms with van der Waals surface area (Å²) in [5.74, 6) is 0.437. The molecule has 2 N–H and O–H groups in total. The van der Waals surface area contributed by atoms with Crippen LogP contribution in [0, 0.1) is 19.8 Å². The molecule has 0 radical (unpaired) electrons. The molecule has 1 aliphatic rings. The SMILES string of the molecule is Cc1nc(C)c(C(C)NCC2CCCC2O)s1. The first-order valence-electron chi connectivity index (χ1n) is 6.43. The van der Waals surface area contributed by atoms with Gasteiger partial charge in [0.25, 0.3) is 0 Å². The molecule has 1 aromatic rings. The van der Waals surface area contributed by atoms with Gasteiger partial charge in [-0.05, 0) is 39.5 Å². The van der Waals surface area contributed by atoms with E-state index in [1.54, 1.807) is 11.3 Å². The molecule has 0 bridgehead atoms. The van der Waals surface area contributed by atoms with Gasteiger partial charge < -0.3 is 10.4 Å². The van der Waals surface area contributed by atoms with Crippen LogP contribution in [0.2, 0.25) is 0 Å². The summed E-state index contributed by atoms with van der Waals surface area (Å²) in [6.07, 6.45) is 3.20. The fourth-order valence-corrected chi connectivity index (χ4v) is 3.58. The summed E-state index contributed by atoms with van der Waals surface area (Å²) in [7, 11) is 0. The molecule has 0 aromatic carbocycles. The number of nitrogens with zero attached hydrogens (tertiary/aromatic N) is 1. The fraction of sp³-hybridized carbons (Fsp3) is 0.769. The molecule has 17 heavy (non-hydrogen) atoms.